The maximum Gasteiger partial charge on any atom is 0.341 e. The van der Waals surface area contributed by atoms with Gasteiger partial charge < -0.3 is 13.8 Å². The van der Waals surface area contributed by atoms with Crippen LogP contribution >= 0.6 is 7.60 Å². The molecule has 0 saturated carbocycles. The largest absolute Gasteiger partial charge is 0.465 e. The zero-order chi connectivity index (χ0) is 13.9. The molecule has 0 aliphatic heterocycles. The molecule has 0 fully saturated rings. The molecule has 0 aliphatic rings. The van der Waals surface area contributed by atoms with Crippen LogP contribution in [-0.4, -0.2) is 32.0 Å². The zero-order valence-electron chi connectivity index (χ0n) is 11.6. The van der Waals surface area contributed by atoms with E-state index in [2.05, 4.69) is 6.92 Å². The van der Waals surface area contributed by atoms with Crippen molar-refractivity contribution in [2.45, 2.75) is 46.5 Å². The van der Waals surface area contributed by atoms with Gasteiger partial charge in [0.05, 0.1) is 19.8 Å². The van der Waals surface area contributed by atoms with Gasteiger partial charge >= 0.3 is 13.6 Å². The third kappa shape index (κ3) is 8.67. The second kappa shape index (κ2) is 10.5. The lowest BCUT2D eigenvalue weighted by Gasteiger charge is -2.16. The van der Waals surface area contributed by atoms with E-state index in [1.165, 1.54) is 0 Å². The Morgan fingerprint density at radius 2 is 1.61 bits per heavy atom. The molecule has 0 heterocycles. The summed E-state index contributed by atoms with van der Waals surface area (Å²) in [6.45, 7) is 6.41. The first kappa shape index (κ1) is 17.6. The van der Waals surface area contributed by atoms with Gasteiger partial charge in [0.2, 0.25) is 0 Å². The van der Waals surface area contributed by atoms with E-state index in [0.29, 0.717) is 6.61 Å². The van der Waals surface area contributed by atoms with Crippen molar-refractivity contribution in [1.82, 2.24) is 0 Å². The summed E-state index contributed by atoms with van der Waals surface area (Å²) in [6, 6.07) is 0. The van der Waals surface area contributed by atoms with E-state index >= 15 is 0 Å². The summed E-state index contributed by atoms with van der Waals surface area (Å²) >= 11 is 0. The van der Waals surface area contributed by atoms with E-state index in [1.807, 2.05) is 0 Å². The number of carbonyl (C=O) groups excluding carboxylic acids is 1. The van der Waals surface area contributed by atoms with Crippen molar-refractivity contribution >= 4 is 13.6 Å². The third-order valence-electron chi connectivity index (χ3n) is 2.24. The first-order chi connectivity index (χ1) is 8.58. The summed E-state index contributed by atoms with van der Waals surface area (Å²) < 4.78 is 27.1. The molecule has 0 radical (unpaired) electrons. The Morgan fingerprint density at radius 3 is 2.11 bits per heavy atom. The molecule has 0 unspecified atom stereocenters. The fourth-order valence-electron chi connectivity index (χ4n) is 1.44. The Morgan fingerprint density at radius 1 is 1.00 bits per heavy atom. The minimum absolute atomic E-state index is 0.251. The van der Waals surface area contributed by atoms with Crippen LogP contribution in [0.25, 0.3) is 0 Å². The van der Waals surface area contributed by atoms with E-state index in [4.69, 9.17) is 13.8 Å². The topological polar surface area (TPSA) is 61.8 Å². The lowest BCUT2D eigenvalue weighted by Crippen LogP contribution is -2.14. The van der Waals surface area contributed by atoms with Crippen molar-refractivity contribution < 1.29 is 23.1 Å². The molecule has 0 aromatic heterocycles. The maximum atomic E-state index is 12.0. The van der Waals surface area contributed by atoms with Crippen LogP contribution in [-0.2, 0) is 23.1 Å². The van der Waals surface area contributed by atoms with E-state index in [1.54, 1.807) is 13.8 Å². The highest BCUT2D eigenvalue weighted by Crippen LogP contribution is 2.47. The summed E-state index contributed by atoms with van der Waals surface area (Å²) in [5, 5.41) is 0. The number of ether oxygens (including phenoxy) is 1. The lowest BCUT2D eigenvalue weighted by atomic mass is 10.2. The van der Waals surface area contributed by atoms with Crippen LogP contribution in [0.4, 0.5) is 0 Å². The van der Waals surface area contributed by atoms with Gasteiger partial charge in [-0.2, -0.15) is 0 Å². The average Bonchev–Trinajstić information content (AvgIpc) is 2.29. The Balaban J connectivity index is 3.92. The highest BCUT2D eigenvalue weighted by atomic mass is 31.2. The molecule has 0 bridgehead atoms. The van der Waals surface area contributed by atoms with Gasteiger partial charge in [0.15, 0.2) is 0 Å². The van der Waals surface area contributed by atoms with Gasteiger partial charge in [0, 0.05) is 0 Å². The fraction of sp³-hybridized carbons (Fsp3) is 0.917. The summed E-state index contributed by atoms with van der Waals surface area (Å²) in [5.41, 5.74) is 0. The van der Waals surface area contributed by atoms with Crippen molar-refractivity contribution in [2.24, 2.45) is 0 Å². The van der Waals surface area contributed by atoms with Crippen molar-refractivity contribution in [3.63, 3.8) is 0 Å². The molecule has 0 N–H and O–H groups in total. The molecule has 18 heavy (non-hydrogen) atoms. The summed E-state index contributed by atoms with van der Waals surface area (Å²) in [7, 11) is -3.31. The number of esters is 1. The predicted molar refractivity (Wildman–Crippen MR) is 70.8 cm³/mol. The number of carbonyl (C=O) groups is 1. The van der Waals surface area contributed by atoms with Gasteiger partial charge in [-0.05, 0) is 20.3 Å². The van der Waals surface area contributed by atoms with E-state index in [9.17, 15) is 9.36 Å². The van der Waals surface area contributed by atoms with Crippen LogP contribution in [0.2, 0.25) is 0 Å². The van der Waals surface area contributed by atoms with Crippen molar-refractivity contribution in [1.29, 1.82) is 0 Å². The molecule has 0 saturated heterocycles. The van der Waals surface area contributed by atoms with Crippen LogP contribution < -0.4 is 0 Å². The van der Waals surface area contributed by atoms with Crippen LogP contribution in [0.15, 0.2) is 0 Å². The molecule has 0 rings (SSSR count). The Bertz CT molecular complexity index is 257. The highest BCUT2D eigenvalue weighted by molar-refractivity contribution is 7.54. The van der Waals surface area contributed by atoms with Gasteiger partial charge in [-0.15, -0.1) is 0 Å². The molecule has 5 nitrogen and oxygen atoms in total. The number of rotatable bonds is 11. The normalized spacial score (nSPS) is 11.5. The maximum absolute atomic E-state index is 12.0. The van der Waals surface area contributed by atoms with E-state index in [-0.39, 0.29) is 19.4 Å². The first-order valence-electron chi connectivity index (χ1n) is 6.61. The molecule has 0 atom stereocenters. The molecular formula is C12H25O5P. The van der Waals surface area contributed by atoms with Gasteiger partial charge in [-0.1, -0.05) is 26.2 Å². The molecule has 0 aromatic carbocycles. The van der Waals surface area contributed by atoms with Gasteiger partial charge in [0.25, 0.3) is 0 Å². The van der Waals surface area contributed by atoms with Crippen molar-refractivity contribution in [3.05, 3.63) is 0 Å². The van der Waals surface area contributed by atoms with Crippen LogP contribution in [0.3, 0.4) is 0 Å². The monoisotopic (exact) mass is 280 g/mol. The summed E-state index contributed by atoms with van der Waals surface area (Å²) in [4.78, 5) is 11.5. The van der Waals surface area contributed by atoms with E-state index in [0.717, 1.165) is 25.7 Å². The number of hydrogen-bond donors (Lipinski definition) is 0. The van der Waals surface area contributed by atoms with Gasteiger partial charge in [0.1, 0.15) is 6.16 Å². The van der Waals surface area contributed by atoms with Crippen molar-refractivity contribution in [2.75, 3.05) is 26.0 Å². The van der Waals surface area contributed by atoms with Crippen molar-refractivity contribution in [3.8, 4) is 0 Å². The predicted octanol–water partition coefficient (Wildman–Crippen LogP) is 3.38. The van der Waals surface area contributed by atoms with E-state index < -0.39 is 13.6 Å². The van der Waals surface area contributed by atoms with Gasteiger partial charge in [-0.25, -0.2) is 0 Å². The minimum atomic E-state index is -3.31. The second-order valence-corrected chi connectivity index (χ2v) is 5.94. The molecule has 108 valence electrons. The van der Waals surface area contributed by atoms with Crippen LogP contribution in [0.1, 0.15) is 46.5 Å². The summed E-state index contributed by atoms with van der Waals surface area (Å²) in [6.07, 6.45) is 3.85. The summed E-state index contributed by atoms with van der Waals surface area (Å²) in [5.74, 6) is -0.517. The second-order valence-electron chi connectivity index (χ2n) is 3.89. The molecule has 0 aromatic rings. The number of hydrogen-bond acceptors (Lipinski definition) is 5. The Kier molecular flexibility index (Phi) is 10.3. The lowest BCUT2D eigenvalue weighted by molar-refractivity contribution is -0.141. The van der Waals surface area contributed by atoms with Crippen LogP contribution in [0.5, 0.6) is 0 Å². The third-order valence-corrected chi connectivity index (χ3v) is 4.18. The Labute approximate surface area is 110 Å². The van der Waals surface area contributed by atoms with Crippen LogP contribution in [0, 0.1) is 0 Å². The zero-order valence-corrected chi connectivity index (χ0v) is 12.5. The average molecular weight is 280 g/mol. The smallest absolute Gasteiger partial charge is 0.341 e. The SMILES string of the molecule is CCCCCCOC(=O)CP(=O)(OCC)OCC. The molecule has 0 amide bonds. The minimum Gasteiger partial charge on any atom is -0.465 e. The fourth-order valence-corrected chi connectivity index (χ4v) is 2.89. The molecule has 0 spiro atoms. The quantitative estimate of drug-likeness (QED) is 0.330. The molecule has 0 aliphatic carbocycles. The first-order valence-corrected chi connectivity index (χ1v) is 8.34. The standard InChI is InChI=1S/C12H25O5P/c1-4-7-8-9-10-15-12(13)11-18(14,16-5-2)17-6-3/h4-11H2,1-3H3. The number of unbranched alkanes of at least 4 members (excludes halogenated alkanes) is 3. The highest BCUT2D eigenvalue weighted by Gasteiger charge is 2.28. The molecule has 6 heteroatoms. The molecular weight excluding hydrogens is 255 g/mol. The Hall–Kier alpha value is -0.380. The van der Waals surface area contributed by atoms with Gasteiger partial charge in [-0.3, -0.25) is 9.36 Å².